The second-order valence-corrected chi connectivity index (χ2v) is 13.9. The fourth-order valence-electron chi connectivity index (χ4n) is 4.80. The summed E-state index contributed by atoms with van der Waals surface area (Å²) in [5.74, 6) is -0.522. The van der Waals surface area contributed by atoms with Crippen molar-refractivity contribution in [1.29, 1.82) is 0 Å². The summed E-state index contributed by atoms with van der Waals surface area (Å²) in [6.07, 6.45) is 3.27. The van der Waals surface area contributed by atoms with Crippen LogP contribution in [-0.4, -0.2) is 32.9 Å². The summed E-state index contributed by atoms with van der Waals surface area (Å²) in [7, 11) is -2.53. The predicted octanol–water partition coefficient (Wildman–Crippen LogP) is 4.41. The molecule has 3 nitrogen and oxygen atoms in total. The average molecular weight is 409 g/mol. The Balaban J connectivity index is 1.70. The van der Waals surface area contributed by atoms with Crippen molar-refractivity contribution in [3.8, 4) is 0 Å². The average Bonchev–Trinajstić information content (AvgIpc) is 3.18. The van der Waals surface area contributed by atoms with Crippen LogP contribution >= 0.6 is 0 Å². The number of benzene rings is 2. The van der Waals surface area contributed by atoms with Gasteiger partial charge in [0.1, 0.15) is 6.10 Å². The maximum absolute atomic E-state index is 7.06. The first kappa shape index (κ1) is 20.5. The van der Waals surface area contributed by atoms with Crippen molar-refractivity contribution in [3.63, 3.8) is 0 Å². The van der Waals surface area contributed by atoms with Gasteiger partial charge in [0.05, 0.1) is 12.7 Å². The van der Waals surface area contributed by atoms with Gasteiger partial charge in [-0.15, -0.1) is 0 Å². The van der Waals surface area contributed by atoms with Gasteiger partial charge in [0, 0.05) is 0 Å². The van der Waals surface area contributed by atoms with E-state index in [2.05, 4.69) is 87.5 Å². The van der Waals surface area contributed by atoms with Crippen molar-refractivity contribution in [2.75, 3.05) is 6.61 Å². The fraction of sp³-hybridized carbons (Fsp3) is 0.440. The highest BCUT2D eigenvalue weighted by atomic mass is 28.4. The molecule has 0 radical (unpaired) electrons. The molecule has 154 valence electrons. The van der Waals surface area contributed by atoms with E-state index in [-0.39, 0.29) is 17.2 Å². The van der Waals surface area contributed by atoms with E-state index >= 15 is 0 Å². The topological polar surface area (TPSA) is 27.7 Å². The lowest BCUT2D eigenvalue weighted by Crippen LogP contribution is -2.66. The van der Waals surface area contributed by atoms with Gasteiger partial charge < -0.3 is 13.9 Å². The molecule has 0 spiro atoms. The van der Waals surface area contributed by atoms with E-state index in [1.807, 2.05) is 13.8 Å². The molecule has 2 atom stereocenters. The summed E-state index contributed by atoms with van der Waals surface area (Å²) in [6, 6.07) is 21.6. The minimum Gasteiger partial charge on any atom is -0.403 e. The predicted molar refractivity (Wildman–Crippen MR) is 120 cm³/mol. The van der Waals surface area contributed by atoms with E-state index in [1.165, 1.54) is 15.9 Å². The number of hydrogen-bond donors (Lipinski definition) is 0. The SMILES string of the molecule is CC1(C)OC2C(CO[Si](c3ccccc3)(c3ccccc3)C(C)(C)C)=CC[C@H]2O1. The molecule has 2 aromatic rings. The monoisotopic (exact) mass is 408 g/mol. The van der Waals surface area contributed by atoms with E-state index in [1.54, 1.807) is 0 Å². The van der Waals surface area contributed by atoms with Crippen LogP contribution in [0, 0.1) is 0 Å². The highest BCUT2D eigenvalue weighted by Gasteiger charge is 2.51. The lowest BCUT2D eigenvalue weighted by molar-refractivity contribution is -0.144. The zero-order chi connectivity index (χ0) is 20.7. The van der Waals surface area contributed by atoms with Crippen LogP contribution in [-0.2, 0) is 13.9 Å². The van der Waals surface area contributed by atoms with Crippen LogP contribution < -0.4 is 10.4 Å². The smallest absolute Gasteiger partial charge is 0.261 e. The third kappa shape index (κ3) is 3.75. The molecule has 4 rings (SSSR count). The highest BCUT2D eigenvalue weighted by Crippen LogP contribution is 2.41. The molecule has 0 amide bonds. The number of rotatable bonds is 5. The maximum Gasteiger partial charge on any atom is 0.261 e. The summed E-state index contributed by atoms with van der Waals surface area (Å²) in [5, 5.41) is 2.58. The van der Waals surface area contributed by atoms with E-state index in [0.29, 0.717) is 6.61 Å². The van der Waals surface area contributed by atoms with Gasteiger partial charge in [0.25, 0.3) is 8.32 Å². The first-order valence-electron chi connectivity index (χ1n) is 10.5. The first-order valence-corrected chi connectivity index (χ1v) is 12.4. The largest absolute Gasteiger partial charge is 0.403 e. The van der Waals surface area contributed by atoms with Crippen molar-refractivity contribution < 1.29 is 13.9 Å². The second kappa shape index (κ2) is 7.51. The molecule has 1 aliphatic heterocycles. The van der Waals surface area contributed by atoms with Gasteiger partial charge in [-0.25, -0.2) is 0 Å². The Bertz CT molecular complexity index is 828. The second-order valence-electron chi connectivity index (χ2n) is 9.56. The van der Waals surface area contributed by atoms with Gasteiger partial charge in [0.15, 0.2) is 5.79 Å². The third-order valence-corrected chi connectivity index (χ3v) is 11.0. The standard InChI is InChI=1S/C25H32O3Si/c1-24(2,3)29(20-12-8-6-9-13-20,21-14-10-7-11-15-21)26-18-19-16-17-22-23(19)28-25(4,5)27-22/h6-16,22-23H,17-18H2,1-5H3/t22-,23?/m1/s1. The van der Waals surface area contributed by atoms with E-state index in [0.717, 1.165) is 6.42 Å². The molecule has 0 saturated carbocycles. The molecule has 1 unspecified atom stereocenters. The Morgan fingerprint density at radius 1 is 0.931 bits per heavy atom. The van der Waals surface area contributed by atoms with Crippen LogP contribution in [0.4, 0.5) is 0 Å². The van der Waals surface area contributed by atoms with Crippen molar-refractivity contribution in [3.05, 3.63) is 72.3 Å². The number of hydrogen-bond acceptors (Lipinski definition) is 3. The highest BCUT2D eigenvalue weighted by molar-refractivity contribution is 6.99. The minimum absolute atomic E-state index is 0.00298. The Hall–Kier alpha value is -1.72. The first-order chi connectivity index (χ1) is 13.7. The molecular weight excluding hydrogens is 376 g/mol. The van der Waals surface area contributed by atoms with Crippen LogP contribution in [0.1, 0.15) is 41.0 Å². The molecule has 0 N–H and O–H groups in total. The number of fused-ring (bicyclic) bond motifs is 1. The van der Waals surface area contributed by atoms with Gasteiger partial charge in [-0.2, -0.15) is 0 Å². The summed E-state index contributed by atoms with van der Waals surface area (Å²) >= 11 is 0. The van der Waals surface area contributed by atoms with Gasteiger partial charge in [-0.1, -0.05) is 87.5 Å². The van der Waals surface area contributed by atoms with Gasteiger partial charge in [-0.3, -0.25) is 0 Å². The molecule has 1 aliphatic carbocycles. The fourth-order valence-corrected chi connectivity index (χ4v) is 9.34. The maximum atomic E-state index is 7.06. The molecular formula is C25H32O3Si. The van der Waals surface area contributed by atoms with Crippen molar-refractivity contribution in [1.82, 2.24) is 0 Å². The molecule has 29 heavy (non-hydrogen) atoms. The van der Waals surface area contributed by atoms with E-state index < -0.39 is 14.1 Å². The molecule has 1 heterocycles. The Kier molecular flexibility index (Phi) is 5.32. The van der Waals surface area contributed by atoms with E-state index in [4.69, 9.17) is 13.9 Å². The quantitative estimate of drug-likeness (QED) is 0.542. The van der Waals surface area contributed by atoms with Crippen molar-refractivity contribution >= 4 is 18.7 Å². The van der Waals surface area contributed by atoms with Gasteiger partial charge in [-0.05, 0) is 41.3 Å². The van der Waals surface area contributed by atoms with Crippen LogP contribution in [0.3, 0.4) is 0 Å². The lowest BCUT2D eigenvalue weighted by Gasteiger charge is -2.43. The Morgan fingerprint density at radius 2 is 1.48 bits per heavy atom. The molecule has 1 saturated heterocycles. The van der Waals surface area contributed by atoms with Crippen molar-refractivity contribution in [2.24, 2.45) is 0 Å². The molecule has 4 heteroatoms. The normalized spacial score (nSPS) is 23.7. The molecule has 0 aromatic heterocycles. The zero-order valence-electron chi connectivity index (χ0n) is 18.1. The summed E-state index contributed by atoms with van der Waals surface area (Å²) in [5.41, 5.74) is 1.22. The molecule has 1 fully saturated rings. The van der Waals surface area contributed by atoms with Crippen molar-refractivity contribution in [2.45, 2.75) is 64.1 Å². The summed E-state index contributed by atoms with van der Waals surface area (Å²) in [6.45, 7) is 11.5. The summed E-state index contributed by atoms with van der Waals surface area (Å²) < 4.78 is 19.3. The van der Waals surface area contributed by atoms with Crippen LogP contribution in [0.25, 0.3) is 0 Å². The minimum atomic E-state index is -2.53. The van der Waals surface area contributed by atoms with E-state index in [9.17, 15) is 0 Å². The third-order valence-electron chi connectivity index (χ3n) is 6.03. The van der Waals surface area contributed by atoms with Gasteiger partial charge in [0.2, 0.25) is 0 Å². The summed E-state index contributed by atoms with van der Waals surface area (Å²) in [4.78, 5) is 0. The Labute approximate surface area is 175 Å². The van der Waals surface area contributed by atoms with Gasteiger partial charge >= 0.3 is 0 Å². The molecule has 2 aromatic carbocycles. The van der Waals surface area contributed by atoms with Crippen LogP contribution in [0.15, 0.2) is 72.3 Å². The van der Waals surface area contributed by atoms with Crippen LogP contribution in [0.5, 0.6) is 0 Å². The van der Waals surface area contributed by atoms with Crippen LogP contribution in [0.2, 0.25) is 5.04 Å². The lowest BCUT2D eigenvalue weighted by atomic mass is 10.2. The molecule has 2 aliphatic rings. The molecule has 0 bridgehead atoms. The zero-order valence-corrected chi connectivity index (χ0v) is 19.1. The number of ether oxygens (including phenoxy) is 2. The Morgan fingerprint density at radius 3 is 2.00 bits per heavy atom.